The minimum atomic E-state index is 0.219. The Balaban J connectivity index is 2.62. The third kappa shape index (κ3) is 5.19. The minimum Gasteiger partial charge on any atom is -0.494 e. The van der Waals surface area contributed by atoms with Crippen LogP contribution in [0, 0.1) is 0 Å². The predicted molar refractivity (Wildman–Crippen MR) is 78.5 cm³/mol. The summed E-state index contributed by atoms with van der Waals surface area (Å²) in [5.74, 6) is 0.902. The fourth-order valence-corrected chi connectivity index (χ4v) is 2.03. The van der Waals surface area contributed by atoms with E-state index in [0.717, 1.165) is 25.5 Å². The van der Waals surface area contributed by atoms with Crippen LogP contribution in [0.25, 0.3) is 0 Å². The van der Waals surface area contributed by atoms with Gasteiger partial charge in [-0.05, 0) is 38.6 Å². The molecule has 4 heteroatoms. The monoisotopic (exact) mass is 266 g/mol. The number of hydrogen-bond donors (Lipinski definition) is 1. The molecule has 1 aromatic carbocycles. The number of nitrogens with zero attached hydrogens (tertiary/aromatic N) is 1. The quantitative estimate of drug-likeness (QED) is 0.695. The van der Waals surface area contributed by atoms with Crippen LogP contribution in [0.2, 0.25) is 0 Å². The maximum Gasteiger partial charge on any atom is 0.119 e. The summed E-state index contributed by atoms with van der Waals surface area (Å²) in [6.45, 7) is 7.64. The van der Waals surface area contributed by atoms with Gasteiger partial charge in [0.25, 0.3) is 0 Å². The van der Waals surface area contributed by atoms with E-state index in [1.165, 1.54) is 5.56 Å². The maximum absolute atomic E-state index is 5.89. The molecule has 0 heterocycles. The van der Waals surface area contributed by atoms with Crippen molar-refractivity contribution < 1.29 is 9.47 Å². The van der Waals surface area contributed by atoms with Crippen LogP contribution in [-0.4, -0.2) is 44.9 Å². The van der Waals surface area contributed by atoms with E-state index in [4.69, 9.17) is 15.2 Å². The van der Waals surface area contributed by atoms with E-state index in [9.17, 15) is 0 Å². The first-order chi connectivity index (χ1) is 9.22. The van der Waals surface area contributed by atoms with Crippen molar-refractivity contribution in [2.75, 3.05) is 40.0 Å². The summed E-state index contributed by atoms with van der Waals surface area (Å²) in [5, 5.41) is 0. The van der Waals surface area contributed by atoms with Gasteiger partial charge in [0.2, 0.25) is 0 Å². The highest BCUT2D eigenvalue weighted by Crippen LogP contribution is 2.21. The minimum absolute atomic E-state index is 0.219. The molecule has 0 saturated heterocycles. The largest absolute Gasteiger partial charge is 0.494 e. The molecule has 0 aliphatic heterocycles. The first kappa shape index (κ1) is 16.0. The molecular weight excluding hydrogens is 240 g/mol. The molecule has 0 aromatic heterocycles. The van der Waals surface area contributed by atoms with E-state index in [0.29, 0.717) is 13.2 Å². The lowest BCUT2D eigenvalue weighted by Crippen LogP contribution is -2.33. The zero-order valence-electron chi connectivity index (χ0n) is 12.3. The first-order valence-corrected chi connectivity index (χ1v) is 6.93. The predicted octanol–water partition coefficient (Wildman–Crippen LogP) is 2.05. The number of ether oxygens (including phenoxy) is 2. The molecule has 0 bridgehead atoms. The van der Waals surface area contributed by atoms with Gasteiger partial charge in [0, 0.05) is 25.7 Å². The van der Waals surface area contributed by atoms with Crippen LogP contribution in [0.15, 0.2) is 24.3 Å². The molecule has 0 amide bonds. The smallest absolute Gasteiger partial charge is 0.119 e. The molecule has 0 spiro atoms. The van der Waals surface area contributed by atoms with Crippen LogP contribution >= 0.6 is 0 Å². The molecule has 0 radical (unpaired) electrons. The third-order valence-electron chi connectivity index (χ3n) is 3.12. The van der Waals surface area contributed by atoms with Crippen molar-refractivity contribution in [3.63, 3.8) is 0 Å². The standard InChI is InChI=1S/C15H26N2O2/c1-4-18-11-10-17(3)15(12-16)13-6-8-14(9-7-13)19-5-2/h6-9,15H,4-5,10-12,16H2,1-3H3. The lowest BCUT2D eigenvalue weighted by atomic mass is 10.1. The van der Waals surface area contributed by atoms with Gasteiger partial charge in [-0.15, -0.1) is 0 Å². The molecule has 0 saturated carbocycles. The highest BCUT2D eigenvalue weighted by Gasteiger charge is 2.15. The van der Waals surface area contributed by atoms with Gasteiger partial charge in [0.15, 0.2) is 0 Å². The number of likely N-dealkylation sites (N-methyl/N-ethyl adjacent to an activating group) is 1. The number of hydrogen-bond acceptors (Lipinski definition) is 4. The Morgan fingerprint density at radius 1 is 1.16 bits per heavy atom. The molecule has 2 N–H and O–H groups in total. The normalized spacial score (nSPS) is 12.7. The molecule has 1 aromatic rings. The topological polar surface area (TPSA) is 47.7 Å². The second-order valence-electron chi connectivity index (χ2n) is 4.43. The van der Waals surface area contributed by atoms with Crippen LogP contribution in [0.5, 0.6) is 5.75 Å². The van der Waals surface area contributed by atoms with E-state index < -0.39 is 0 Å². The third-order valence-corrected chi connectivity index (χ3v) is 3.12. The SMILES string of the molecule is CCOCCN(C)C(CN)c1ccc(OCC)cc1. The van der Waals surface area contributed by atoms with Gasteiger partial charge in [-0.3, -0.25) is 4.90 Å². The maximum atomic E-state index is 5.89. The molecule has 4 nitrogen and oxygen atoms in total. The summed E-state index contributed by atoms with van der Waals surface area (Å²) in [7, 11) is 2.08. The zero-order chi connectivity index (χ0) is 14.1. The average Bonchev–Trinajstić information content (AvgIpc) is 2.42. The molecule has 0 fully saturated rings. The van der Waals surface area contributed by atoms with E-state index in [2.05, 4.69) is 24.1 Å². The van der Waals surface area contributed by atoms with E-state index >= 15 is 0 Å². The summed E-state index contributed by atoms with van der Waals surface area (Å²) < 4.78 is 10.8. The van der Waals surface area contributed by atoms with Gasteiger partial charge >= 0.3 is 0 Å². The van der Waals surface area contributed by atoms with Crippen LogP contribution in [0.4, 0.5) is 0 Å². The second kappa shape index (κ2) is 8.91. The molecule has 1 unspecified atom stereocenters. The molecule has 0 aliphatic rings. The number of rotatable bonds is 9. The highest BCUT2D eigenvalue weighted by molar-refractivity contribution is 5.29. The average molecular weight is 266 g/mol. The summed E-state index contributed by atoms with van der Waals surface area (Å²) in [6, 6.07) is 8.38. The zero-order valence-corrected chi connectivity index (χ0v) is 12.3. The molecule has 1 atom stereocenters. The summed E-state index contributed by atoms with van der Waals surface area (Å²) in [6.07, 6.45) is 0. The van der Waals surface area contributed by atoms with Gasteiger partial charge in [0.05, 0.1) is 13.2 Å². The lowest BCUT2D eigenvalue weighted by molar-refractivity contribution is 0.108. The van der Waals surface area contributed by atoms with E-state index in [-0.39, 0.29) is 6.04 Å². The fourth-order valence-electron chi connectivity index (χ4n) is 2.03. The number of nitrogens with two attached hydrogens (primary N) is 1. The molecule has 0 aliphatic carbocycles. The number of benzene rings is 1. The summed E-state index contributed by atoms with van der Waals surface area (Å²) in [4.78, 5) is 2.23. The van der Waals surface area contributed by atoms with Crippen molar-refractivity contribution in [2.24, 2.45) is 5.73 Å². The van der Waals surface area contributed by atoms with E-state index in [1.54, 1.807) is 0 Å². The molecule has 19 heavy (non-hydrogen) atoms. The first-order valence-electron chi connectivity index (χ1n) is 6.93. The van der Waals surface area contributed by atoms with Crippen molar-refractivity contribution >= 4 is 0 Å². The van der Waals surface area contributed by atoms with Crippen molar-refractivity contribution in [1.29, 1.82) is 0 Å². The van der Waals surface area contributed by atoms with Crippen molar-refractivity contribution in [3.05, 3.63) is 29.8 Å². The fraction of sp³-hybridized carbons (Fsp3) is 0.600. The molecule has 1 rings (SSSR count). The molecule has 108 valence electrons. The Hall–Kier alpha value is -1.10. The van der Waals surface area contributed by atoms with Crippen LogP contribution < -0.4 is 10.5 Å². The Morgan fingerprint density at radius 2 is 1.84 bits per heavy atom. The highest BCUT2D eigenvalue weighted by atomic mass is 16.5. The van der Waals surface area contributed by atoms with Gasteiger partial charge in [-0.25, -0.2) is 0 Å². The van der Waals surface area contributed by atoms with Gasteiger partial charge in [0.1, 0.15) is 5.75 Å². The Kier molecular flexibility index (Phi) is 7.48. The van der Waals surface area contributed by atoms with Crippen LogP contribution in [0.3, 0.4) is 0 Å². The van der Waals surface area contributed by atoms with Gasteiger partial charge in [-0.1, -0.05) is 12.1 Å². The van der Waals surface area contributed by atoms with Crippen LogP contribution in [-0.2, 0) is 4.74 Å². The molecular formula is C15H26N2O2. The van der Waals surface area contributed by atoms with Crippen molar-refractivity contribution in [2.45, 2.75) is 19.9 Å². The van der Waals surface area contributed by atoms with E-state index in [1.807, 2.05) is 26.0 Å². The van der Waals surface area contributed by atoms with Gasteiger partial charge in [-0.2, -0.15) is 0 Å². The van der Waals surface area contributed by atoms with Crippen molar-refractivity contribution in [3.8, 4) is 5.75 Å². The summed E-state index contributed by atoms with van der Waals surface area (Å²) in [5.41, 5.74) is 7.11. The Morgan fingerprint density at radius 3 is 2.37 bits per heavy atom. The Bertz CT molecular complexity index is 341. The van der Waals surface area contributed by atoms with Crippen molar-refractivity contribution in [1.82, 2.24) is 4.90 Å². The van der Waals surface area contributed by atoms with Gasteiger partial charge < -0.3 is 15.2 Å². The summed E-state index contributed by atoms with van der Waals surface area (Å²) >= 11 is 0. The van der Waals surface area contributed by atoms with Crippen LogP contribution in [0.1, 0.15) is 25.5 Å². The Labute approximate surface area is 116 Å². The second-order valence-corrected chi connectivity index (χ2v) is 4.43. The lowest BCUT2D eigenvalue weighted by Gasteiger charge is -2.27.